The van der Waals surface area contributed by atoms with Crippen molar-refractivity contribution in [2.75, 3.05) is 19.4 Å². The number of carbonyl (C=O) groups excluding carboxylic acids is 1. The number of rotatable bonds is 3. The maximum absolute atomic E-state index is 11.7. The minimum Gasteiger partial charge on any atom is -0.504 e. The normalized spacial score (nSPS) is 10.7. The van der Waals surface area contributed by atoms with E-state index in [1.807, 2.05) is 0 Å². The molecule has 0 spiro atoms. The molecule has 19 heavy (non-hydrogen) atoms. The van der Waals surface area contributed by atoms with E-state index >= 15 is 0 Å². The number of nitrogens with zero attached hydrogens (tertiary/aromatic N) is 1. The van der Waals surface area contributed by atoms with Crippen molar-refractivity contribution in [2.45, 2.75) is 6.92 Å². The van der Waals surface area contributed by atoms with Crippen LogP contribution in [0.25, 0.3) is 0 Å². The topological polar surface area (TPSA) is 86.7 Å². The van der Waals surface area contributed by atoms with Crippen LogP contribution in [0.15, 0.2) is 15.0 Å². The first-order valence-electron chi connectivity index (χ1n) is 5.43. The Balaban J connectivity index is 2.32. The number of hydrogen-bond donors (Lipinski definition) is 2. The van der Waals surface area contributed by atoms with Crippen LogP contribution in [0.3, 0.4) is 0 Å². The number of hydrogen-bond acceptors (Lipinski definition) is 6. The van der Waals surface area contributed by atoms with Gasteiger partial charge in [0.2, 0.25) is 10.9 Å². The molecule has 6 nitrogen and oxygen atoms in total. The zero-order valence-corrected chi connectivity index (χ0v) is 11.4. The predicted octanol–water partition coefficient (Wildman–Crippen LogP) is 0.804. The zero-order valence-electron chi connectivity index (χ0n) is 10.6. The summed E-state index contributed by atoms with van der Waals surface area (Å²) in [6.07, 6.45) is 0. The summed E-state index contributed by atoms with van der Waals surface area (Å²) in [5, 5.41) is 14.2. The van der Waals surface area contributed by atoms with Crippen LogP contribution in [0.5, 0.6) is 5.75 Å². The summed E-state index contributed by atoms with van der Waals surface area (Å²) in [5.41, 5.74) is -0.381. The Morgan fingerprint density at radius 3 is 2.47 bits per heavy atom. The lowest BCUT2D eigenvalue weighted by Gasteiger charge is -2.10. The van der Waals surface area contributed by atoms with Crippen LogP contribution in [0.2, 0.25) is 0 Å². The van der Waals surface area contributed by atoms with Gasteiger partial charge in [-0.1, -0.05) is 0 Å². The van der Waals surface area contributed by atoms with E-state index < -0.39 is 10.9 Å². The van der Waals surface area contributed by atoms with Gasteiger partial charge < -0.3 is 15.3 Å². The Bertz CT molecular complexity index is 723. The monoisotopic (exact) mass is 280 g/mol. The van der Waals surface area contributed by atoms with E-state index in [4.69, 9.17) is 0 Å². The lowest BCUT2D eigenvalue weighted by atomic mass is 10.1. The molecule has 1 heterocycles. The summed E-state index contributed by atoms with van der Waals surface area (Å²) in [7, 11) is 3.16. The molecule has 0 bridgehead atoms. The maximum atomic E-state index is 11.7. The highest BCUT2D eigenvalue weighted by molar-refractivity contribution is 7.13. The number of amides is 1. The first kappa shape index (κ1) is 13.3. The molecule has 1 aromatic heterocycles. The highest BCUT2D eigenvalue weighted by Gasteiger charge is 2.22. The fraction of sp³-hybridized carbons (Fsp3) is 0.250. The molecule has 0 atom stereocenters. The van der Waals surface area contributed by atoms with Crippen molar-refractivity contribution in [2.24, 2.45) is 0 Å². The fourth-order valence-corrected chi connectivity index (χ4v) is 2.50. The molecule has 2 rings (SSSR count). The number of nitrogens with one attached hydrogen (secondary N) is 1. The van der Waals surface area contributed by atoms with Crippen molar-refractivity contribution < 1.29 is 9.90 Å². The van der Waals surface area contributed by atoms with Crippen LogP contribution in [-0.2, 0) is 0 Å². The number of carbonyl (C=O) groups is 1. The van der Waals surface area contributed by atoms with Gasteiger partial charge in [0.05, 0.1) is 11.4 Å². The van der Waals surface area contributed by atoms with Crippen molar-refractivity contribution in [1.82, 2.24) is 4.90 Å². The molecule has 0 fully saturated rings. The van der Waals surface area contributed by atoms with Gasteiger partial charge in [0.25, 0.3) is 5.91 Å². The summed E-state index contributed by atoms with van der Waals surface area (Å²) in [5.74, 6) is -0.534. The highest BCUT2D eigenvalue weighted by Crippen LogP contribution is 2.36. The van der Waals surface area contributed by atoms with Crippen LogP contribution in [0.1, 0.15) is 15.2 Å². The molecule has 1 amide bonds. The molecule has 0 radical (unpaired) electrons. The van der Waals surface area contributed by atoms with Crippen molar-refractivity contribution in [1.29, 1.82) is 0 Å². The summed E-state index contributed by atoms with van der Waals surface area (Å²) < 4.78 is 0. The molecule has 0 unspecified atom stereocenters. The summed E-state index contributed by atoms with van der Waals surface area (Å²) in [6.45, 7) is 1.53. The van der Waals surface area contributed by atoms with E-state index in [1.165, 1.54) is 17.2 Å². The van der Waals surface area contributed by atoms with E-state index in [2.05, 4.69) is 5.32 Å². The highest BCUT2D eigenvalue weighted by atomic mass is 32.1. The summed E-state index contributed by atoms with van der Waals surface area (Å²) in [6, 6.07) is 0. The maximum Gasteiger partial charge on any atom is 0.267 e. The standard InChI is InChI=1S/C12H12N2O4S/c1-5-7(10(17)8(5)15)13-6-4-19-11(9(6)16)12(18)14(2)3/h4,13,16H,1-3H3. The Morgan fingerprint density at radius 1 is 1.32 bits per heavy atom. The Hall–Kier alpha value is -2.15. The minimum atomic E-state index is -0.608. The van der Waals surface area contributed by atoms with E-state index in [0.717, 1.165) is 11.3 Å². The smallest absolute Gasteiger partial charge is 0.267 e. The van der Waals surface area contributed by atoms with Crippen LogP contribution >= 0.6 is 11.3 Å². The zero-order chi connectivity index (χ0) is 14.3. The molecular formula is C12H12N2O4S. The molecule has 0 saturated heterocycles. The second-order valence-corrected chi connectivity index (χ2v) is 5.19. The van der Waals surface area contributed by atoms with Gasteiger partial charge in [0.1, 0.15) is 4.88 Å². The third-order valence-electron chi connectivity index (χ3n) is 2.77. The molecule has 0 saturated carbocycles. The van der Waals surface area contributed by atoms with Crippen molar-refractivity contribution in [3.05, 3.63) is 36.3 Å². The first-order chi connectivity index (χ1) is 8.84. The van der Waals surface area contributed by atoms with Gasteiger partial charge in [-0.25, -0.2) is 0 Å². The average molecular weight is 280 g/mol. The van der Waals surface area contributed by atoms with Crippen molar-refractivity contribution in [3.8, 4) is 5.75 Å². The second kappa shape index (κ2) is 4.51. The number of aromatic hydroxyl groups is 1. The third-order valence-corrected chi connectivity index (χ3v) is 3.73. The minimum absolute atomic E-state index is 0.168. The molecule has 1 aromatic carbocycles. The quantitative estimate of drug-likeness (QED) is 0.812. The molecule has 7 heteroatoms. The average Bonchev–Trinajstić information content (AvgIpc) is 2.75. The second-order valence-electron chi connectivity index (χ2n) is 4.31. The van der Waals surface area contributed by atoms with Gasteiger partial charge >= 0.3 is 0 Å². The van der Waals surface area contributed by atoms with Gasteiger partial charge in [-0.2, -0.15) is 0 Å². The van der Waals surface area contributed by atoms with E-state index in [-0.39, 0.29) is 27.9 Å². The van der Waals surface area contributed by atoms with Gasteiger partial charge in [0, 0.05) is 25.0 Å². The number of thiophene rings is 1. The van der Waals surface area contributed by atoms with Crippen LogP contribution < -0.4 is 16.2 Å². The first-order valence-corrected chi connectivity index (χ1v) is 6.31. The largest absolute Gasteiger partial charge is 0.504 e. The third kappa shape index (κ3) is 2.01. The van der Waals surface area contributed by atoms with E-state index in [1.54, 1.807) is 14.1 Å². The molecule has 0 aliphatic rings. The van der Waals surface area contributed by atoms with E-state index in [9.17, 15) is 19.5 Å². The van der Waals surface area contributed by atoms with Gasteiger partial charge in [-0.3, -0.25) is 14.4 Å². The Morgan fingerprint density at radius 2 is 1.95 bits per heavy atom. The van der Waals surface area contributed by atoms with Crippen LogP contribution in [0, 0.1) is 6.92 Å². The van der Waals surface area contributed by atoms with Gasteiger partial charge in [-0.15, -0.1) is 11.3 Å². The van der Waals surface area contributed by atoms with Crippen LogP contribution in [-0.4, -0.2) is 30.0 Å². The summed E-state index contributed by atoms with van der Waals surface area (Å²) in [4.78, 5) is 35.7. The lowest BCUT2D eigenvalue weighted by molar-refractivity contribution is 0.0829. The lowest BCUT2D eigenvalue weighted by Crippen LogP contribution is -2.35. The summed E-state index contributed by atoms with van der Waals surface area (Å²) >= 11 is 1.07. The molecule has 2 N–H and O–H groups in total. The van der Waals surface area contributed by atoms with Crippen molar-refractivity contribution >= 4 is 28.6 Å². The van der Waals surface area contributed by atoms with Gasteiger partial charge in [0.15, 0.2) is 5.75 Å². The van der Waals surface area contributed by atoms with Gasteiger partial charge in [-0.05, 0) is 6.92 Å². The Labute approximate surface area is 112 Å². The SMILES string of the molecule is Cc1c(Nc2csc(C(=O)N(C)C)c2O)c(=O)c1=O. The molecule has 2 aromatic rings. The Kier molecular flexibility index (Phi) is 3.15. The fourth-order valence-electron chi connectivity index (χ4n) is 1.59. The molecule has 0 aliphatic carbocycles. The number of anilines is 2. The molecular weight excluding hydrogens is 268 g/mol. The van der Waals surface area contributed by atoms with E-state index in [0.29, 0.717) is 5.56 Å². The van der Waals surface area contributed by atoms with Crippen LogP contribution in [0.4, 0.5) is 11.4 Å². The van der Waals surface area contributed by atoms with Crippen molar-refractivity contribution in [3.63, 3.8) is 0 Å². The predicted molar refractivity (Wildman–Crippen MR) is 73.4 cm³/mol. The molecule has 0 aliphatic heterocycles. The molecule has 100 valence electrons.